The Balaban J connectivity index is 1.45. The van der Waals surface area contributed by atoms with E-state index < -0.39 is 0 Å². The lowest BCUT2D eigenvalue weighted by Gasteiger charge is -2.58. The number of amides is 3. The van der Waals surface area contributed by atoms with Crippen molar-refractivity contribution in [1.29, 1.82) is 0 Å². The molecule has 166 valence electrons. The molecule has 2 saturated heterocycles. The normalized spacial score (nSPS) is 25.7. The number of benzene rings is 1. The van der Waals surface area contributed by atoms with Gasteiger partial charge in [0.25, 0.3) is 0 Å². The van der Waals surface area contributed by atoms with Gasteiger partial charge in [-0.15, -0.1) is 0 Å². The van der Waals surface area contributed by atoms with Crippen LogP contribution in [0.3, 0.4) is 0 Å². The summed E-state index contributed by atoms with van der Waals surface area (Å²) in [5.74, 6) is 6.89. The van der Waals surface area contributed by atoms with Crippen LogP contribution < -0.4 is 5.32 Å². The molecule has 2 N–H and O–H groups in total. The Morgan fingerprint density at radius 3 is 2.58 bits per heavy atom. The predicted molar refractivity (Wildman–Crippen MR) is 119 cm³/mol. The number of fused-ring (bicyclic) bond motifs is 1. The number of urea groups is 1. The van der Waals surface area contributed by atoms with Crippen molar-refractivity contribution in [3.8, 4) is 11.8 Å². The van der Waals surface area contributed by atoms with Crippen molar-refractivity contribution < 1.29 is 14.7 Å². The van der Waals surface area contributed by atoms with Crippen molar-refractivity contribution in [3.05, 3.63) is 35.4 Å². The van der Waals surface area contributed by atoms with E-state index in [4.69, 9.17) is 0 Å². The first-order valence-electron chi connectivity index (χ1n) is 11.5. The molecule has 0 aromatic heterocycles. The maximum absolute atomic E-state index is 12.8. The van der Waals surface area contributed by atoms with E-state index in [1.54, 1.807) is 9.80 Å². The molecule has 1 aliphatic carbocycles. The molecule has 0 unspecified atom stereocenters. The molecular formula is C25H33N3O3. The Kier molecular flexibility index (Phi) is 6.52. The van der Waals surface area contributed by atoms with Crippen LogP contribution in [-0.4, -0.2) is 64.7 Å². The molecule has 2 heterocycles. The van der Waals surface area contributed by atoms with Crippen LogP contribution in [0.2, 0.25) is 0 Å². The van der Waals surface area contributed by atoms with Gasteiger partial charge in [-0.05, 0) is 36.5 Å². The van der Waals surface area contributed by atoms with E-state index in [0.29, 0.717) is 12.5 Å². The molecule has 0 spiro atoms. The summed E-state index contributed by atoms with van der Waals surface area (Å²) in [6, 6.07) is 7.89. The quantitative estimate of drug-likeness (QED) is 0.732. The van der Waals surface area contributed by atoms with E-state index in [0.717, 1.165) is 43.2 Å². The molecule has 3 atom stereocenters. The topological polar surface area (TPSA) is 72.9 Å². The highest BCUT2D eigenvalue weighted by Crippen LogP contribution is 2.42. The van der Waals surface area contributed by atoms with Gasteiger partial charge in [0.05, 0.1) is 18.7 Å². The minimum absolute atomic E-state index is 0.0219. The lowest BCUT2D eigenvalue weighted by molar-refractivity contribution is -0.159. The fraction of sp³-hybridized carbons (Fsp3) is 0.600. The first kappa shape index (κ1) is 21.7. The van der Waals surface area contributed by atoms with Gasteiger partial charge >= 0.3 is 6.03 Å². The highest BCUT2D eigenvalue weighted by atomic mass is 16.3. The van der Waals surface area contributed by atoms with Crippen molar-refractivity contribution in [2.24, 2.45) is 5.92 Å². The highest BCUT2D eigenvalue weighted by Gasteiger charge is 2.54. The monoisotopic (exact) mass is 423 g/mol. The molecule has 3 amide bonds. The summed E-state index contributed by atoms with van der Waals surface area (Å²) in [5, 5.41) is 13.0. The van der Waals surface area contributed by atoms with Crippen molar-refractivity contribution in [1.82, 2.24) is 15.1 Å². The van der Waals surface area contributed by atoms with E-state index in [9.17, 15) is 14.7 Å². The van der Waals surface area contributed by atoms with Crippen LogP contribution in [0.5, 0.6) is 0 Å². The van der Waals surface area contributed by atoms with Gasteiger partial charge in [0.15, 0.2) is 0 Å². The molecule has 2 aliphatic heterocycles. The zero-order chi connectivity index (χ0) is 22.0. The maximum atomic E-state index is 12.8. The lowest BCUT2D eigenvalue weighted by Crippen LogP contribution is -2.74. The third-order valence-electron chi connectivity index (χ3n) is 6.76. The Morgan fingerprint density at radius 1 is 1.23 bits per heavy atom. The first-order chi connectivity index (χ1) is 15.0. The SMILES string of the molecule is CC(C)CC#Cc1ccc([C@@H]2[C@H](CO)N3C(=O)CN(C(=O)NC4CCCC4)C[C@@H]23)cc1. The maximum Gasteiger partial charge on any atom is 0.318 e. The fourth-order valence-corrected chi connectivity index (χ4v) is 5.14. The van der Waals surface area contributed by atoms with E-state index in [-0.39, 0.29) is 49.1 Å². The molecule has 6 nitrogen and oxygen atoms in total. The van der Waals surface area contributed by atoms with Crippen LogP contribution in [0.25, 0.3) is 0 Å². The lowest BCUT2D eigenvalue weighted by atomic mass is 9.73. The number of carbonyl (C=O) groups is 2. The van der Waals surface area contributed by atoms with Crippen LogP contribution in [0, 0.1) is 17.8 Å². The Hall–Kier alpha value is -2.52. The highest BCUT2D eigenvalue weighted by molar-refractivity contribution is 5.87. The van der Waals surface area contributed by atoms with Crippen molar-refractivity contribution in [3.63, 3.8) is 0 Å². The summed E-state index contributed by atoms with van der Waals surface area (Å²) >= 11 is 0. The Labute approximate surface area is 185 Å². The number of aliphatic hydroxyl groups excluding tert-OH is 1. The molecule has 1 aromatic carbocycles. The number of hydrogen-bond donors (Lipinski definition) is 2. The van der Waals surface area contributed by atoms with Gasteiger partial charge in [-0.25, -0.2) is 4.79 Å². The van der Waals surface area contributed by atoms with Crippen LogP contribution in [0.4, 0.5) is 4.79 Å². The van der Waals surface area contributed by atoms with Gasteiger partial charge < -0.3 is 20.2 Å². The third-order valence-corrected chi connectivity index (χ3v) is 6.76. The van der Waals surface area contributed by atoms with Crippen molar-refractivity contribution in [2.45, 2.75) is 70.0 Å². The van der Waals surface area contributed by atoms with Crippen LogP contribution >= 0.6 is 0 Å². The summed E-state index contributed by atoms with van der Waals surface area (Å²) in [5.41, 5.74) is 2.05. The molecule has 0 bridgehead atoms. The second kappa shape index (κ2) is 9.32. The smallest absolute Gasteiger partial charge is 0.318 e. The zero-order valence-electron chi connectivity index (χ0n) is 18.5. The minimum atomic E-state index is -0.226. The van der Waals surface area contributed by atoms with Crippen molar-refractivity contribution >= 4 is 11.9 Å². The average Bonchev–Trinajstić information content (AvgIpc) is 3.23. The standard InChI is InChI=1S/C25H33N3O3/c1-17(2)6-5-7-18-10-12-19(13-11-18)24-21-14-27(15-23(30)28(21)22(24)16-29)25(31)26-20-8-3-4-9-20/h10-13,17,20-22,24,29H,3-4,6,8-9,14-16H2,1-2H3,(H,26,31)/t21-,22-,24-/m0/s1. The van der Waals surface area contributed by atoms with Gasteiger partial charge in [0, 0.05) is 30.5 Å². The molecule has 0 radical (unpaired) electrons. The Bertz CT molecular complexity index is 864. The second-order valence-corrected chi connectivity index (χ2v) is 9.48. The summed E-state index contributed by atoms with van der Waals surface area (Å²) < 4.78 is 0. The number of hydrogen-bond acceptors (Lipinski definition) is 3. The predicted octanol–water partition coefficient (Wildman–Crippen LogP) is 2.71. The molecule has 1 saturated carbocycles. The molecule has 3 fully saturated rings. The zero-order valence-corrected chi connectivity index (χ0v) is 18.5. The molecule has 1 aromatic rings. The van der Waals surface area contributed by atoms with Crippen LogP contribution in [-0.2, 0) is 4.79 Å². The van der Waals surface area contributed by atoms with Gasteiger partial charge in [0.2, 0.25) is 5.91 Å². The third kappa shape index (κ3) is 4.57. The Morgan fingerprint density at radius 2 is 1.94 bits per heavy atom. The molecular weight excluding hydrogens is 390 g/mol. The summed E-state index contributed by atoms with van der Waals surface area (Å²) in [6.07, 6.45) is 5.21. The van der Waals surface area contributed by atoms with Gasteiger partial charge in [-0.1, -0.05) is 50.7 Å². The van der Waals surface area contributed by atoms with Crippen LogP contribution in [0.15, 0.2) is 24.3 Å². The number of rotatable bonds is 4. The number of piperazine rings is 1. The van der Waals surface area contributed by atoms with Crippen molar-refractivity contribution in [2.75, 3.05) is 19.7 Å². The van der Waals surface area contributed by atoms with E-state index in [1.165, 1.54) is 0 Å². The minimum Gasteiger partial charge on any atom is -0.394 e. The molecule has 6 heteroatoms. The fourth-order valence-electron chi connectivity index (χ4n) is 5.14. The van der Waals surface area contributed by atoms with E-state index in [2.05, 4.69) is 31.0 Å². The first-order valence-corrected chi connectivity index (χ1v) is 11.5. The van der Waals surface area contributed by atoms with Gasteiger partial charge in [-0.3, -0.25) is 4.79 Å². The van der Waals surface area contributed by atoms with E-state index >= 15 is 0 Å². The number of nitrogens with zero attached hydrogens (tertiary/aromatic N) is 2. The van der Waals surface area contributed by atoms with Gasteiger partial charge in [-0.2, -0.15) is 0 Å². The number of aliphatic hydroxyl groups is 1. The summed E-state index contributed by atoms with van der Waals surface area (Å²) in [6.45, 7) is 4.82. The number of nitrogens with one attached hydrogen (secondary N) is 1. The summed E-state index contributed by atoms with van der Waals surface area (Å²) in [4.78, 5) is 28.9. The molecule has 4 rings (SSSR count). The van der Waals surface area contributed by atoms with Crippen LogP contribution in [0.1, 0.15) is 63.0 Å². The summed E-state index contributed by atoms with van der Waals surface area (Å²) in [7, 11) is 0. The molecule has 31 heavy (non-hydrogen) atoms. The molecule has 3 aliphatic rings. The second-order valence-electron chi connectivity index (χ2n) is 9.48. The van der Waals surface area contributed by atoms with Gasteiger partial charge in [0.1, 0.15) is 6.54 Å². The van der Waals surface area contributed by atoms with E-state index in [1.807, 2.05) is 24.3 Å². The largest absolute Gasteiger partial charge is 0.394 e. The number of carbonyl (C=O) groups excluding carboxylic acids is 2. The average molecular weight is 424 g/mol.